The van der Waals surface area contributed by atoms with Crippen molar-refractivity contribution in [2.45, 2.75) is 14.7 Å². The lowest BCUT2D eigenvalue weighted by Crippen LogP contribution is -2.07. The van der Waals surface area contributed by atoms with Crippen LogP contribution in [-0.2, 0) is 30.4 Å². The van der Waals surface area contributed by atoms with Crippen molar-refractivity contribution in [1.82, 2.24) is 0 Å². The van der Waals surface area contributed by atoms with Crippen molar-refractivity contribution in [3.63, 3.8) is 0 Å². The highest BCUT2D eigenvalue weighted by Gasteiger charge is 2.25. The predicted octanol–water partition coefficient (Wildman–Crippen LogP) is 1.94. The van der Waals surface area contributed by atoms with Gasteiger partial charge in [0, 0.05) is 28.6 Å². The van der Waals surface area contributed by atoms with Gasteiger partial charge in [0.05, 0.1) is 10.6 Å². The van der Waals surface area contributed by atoms with E-state index in [9.17, 15) is 54.1 Å². The molecule has 0 amide bonds. The first kappa shape index (κ1) is 24.3. The minimum atomic E-state index is -5.12. The Labute approximate surface area is 185 Å². The second kappa shape index (κ2) is 7.90. The number of hydrogen-bond donors (Lipinski definition) is 5. The molecular weight excluding hydrogens is 508 g/mol. The molecule has 17 heteroatoms. The van der Waals surface area contributed by atoms with Gasteiger partial charge < -0.3 is 10.4 Å². The van der Waals surface area contributed by atoms with Gasteiger partial charge in [0.15, 0.2) is 0 Å². The van der Waals surface area contributed by atoms with Gasteiger partial charge in [0.2, 0.25) is 0 Å². The molecule has 0 bridgehead atoms. The van der Waals surface area contributed by atoms with Crippen LogP contribution in [-0.4, -0.2) is 48.9 Å². The molecule has 0 aromatic heterocycles. The Bertz CT molecular complexity index is 1650. The molecule has 176 valence electrons. The van der Waals surface area contributed by atoms with Crippen LogP contribution in [0.1, 0.15) is 0 Å². The van der Waals surface area contributed by atoms with Crippen molar-refractivity contribution >= 4 is 58.2 Å². The highest BCUT2D eigenvalue weighted by Crippen LogP contribution is 2.39. The lowest BCUT2D eigenvalue weighted by Gasteiger charge is -2.15. The van der Waals surface area contributed by atoms with Gasteiger partial charge in [-0.25, -0.2) is 0 Å². The molecule has 0 unspecified atom stereocenters. The minimum absolute atomic E-state index is 0.399. The lowest BCUT2D eigenvalue weighted by molar-refractivity contribution is -0.385. The molecule has 0 aliphatic rings. The van der Waals surface area contributed by atoms with Crippen molar-refractivity contribution in [1.29, 1.82) is 0 Å². The number of rotatable bonds is 6. The molecule has 14 nitrogen and oxygen atoms in total. The maximum atomic E-state index is 11.9. The van der Waals surface area contributed by atoms with Crippen molar-refractivity contribution in [2.24, 2.45) is 0 Å². The van der Waals surface area contributed by atoms with Gasteiger partial charge in [-0.3, -0.25) is 23.8 Å². The van der Waals surface area contributed by atoms with Gasteiger partial charge in [-0.15, -0.1) is 0 Å². The summed E-state index contributed by atoms with van der Waals surface area (Å²) in [5.41, 5.74) is -1.59. The van der Waals surface area contributed by atoms with Gasteiger partial charge in [-0.2, -0.15) is 25.3 Å². The first-order valence-corrected chi connectivity index (χ1v) is 12.6. The SMILES string of the molecule is O=[N+]([O-])c1ccc(Nc2cc(S(=O)(=O)O)c3c(O)ccc(S(=O)(=O)O)c3c2)c(S(=O)(=O)O)c1. The van der Waals surface area contributed by atoms with Crippen LogP contribution >= 0.6 is 0 Å². The van der Waals surface area contributed by atoms with Gasteiger partial charge in [0.25, 0.3) is 36.0 Å². The van der Waals surface area contributed by atoms with E-state index < -0.39 is 83.5 Å². The Hall–Kier alpha value is -3.35. The lowest BCUT2D eigenvalue weighted by atomic mass is 10.1. The van der Waals surface area contributed by atoms with E-state index >= 15 is 0 Å². The number of non-ortho nitro benzene ring substituents is 1. The Morgan fingerprint density at radius 2 is 1.33 bits per heavy atom. The van der Waals surface area contributed by atoms with Crippen LogP contribution in [0, 0.1) is 10.1 Å². The molecule has 0 saturated carbocycles. The number of anilines is 2. The van der Waals surface area contributed by atoms with Crippen molar-refractivity contribution in [3.8, 4) is 5.75 Å². The number of nitro groups is 1. The smallest absolute Gasteiger partial charge is 0.296 e. The van der Waals surface area contributed by atoms with E-state index in [0.29, 0.717) is 12.1 Å². The van der Waals surface area contributed by atoms with Crippen LogP contribution < -0.4 is 5.32 Å². The molecule has 0 aliphatic carbocycles. The quantitative estimate of drug-likeness (QED) is 0.177. The van der Waals surface area contributed by atoms with Crippen molar-refractivity contribution in [3.05, 3.63) is 52.6 Å². The van der Waals surface area contributed by atoms with E-state index in [1.54, 1.807) is 0 Å². The normalized spacial score (nSPS) is 12.6. The summed E-state index contributed by atoms with van der Waals surface area (Å²) in [5, 5.41) is 22.1. The second-order valence-corrected chi connectivity index (χ2v) is 10.6. The molecule has 0 fully saturated rings. The molecule has 0 heterocycles. The van der Waals surface area contributed by atoms with Crippen LogP contribution in [0.25, 0.3) is 10.8 Å². The Kier molecular flexibility index (Phi) is 5.82. The molecule has 3 aromatic rings. The standard InChI is InChI=1S/C16H12N2O12S3/c19-12-3-4-13(31(22,23)24)10-5-8(6-15(16(10)12)33(28,29)30)17-11-2-1-9(18(20)21)7-14(11)32(25,26)27/h1-7,17,19H,(H,22,23,24)(H,25,26,27)(H,28,29,30). The van der Waals surface area contributed by atoms with Crippen LogP contribution in [0.2, 0.25) is 0 Å². The number of nitrogens with zero attached hydrogens (tertiary/aromatic N) is 1. The summed E-state index contributed by atoms with van der Waals surface area (Å²) in [6, 6.07) is 5.34. The minimum Gasteiger partial charge on any atom is -0.507 e. The summed E-state index contributed by atoms with van der Waals surface area (Å²) in [4.78, 5) is 7.14. The molecule has 3 aromatic carbocycles. The Balaban J connectivity index is 2.38. The third-order valence-electron chi connectivity index (χ3n) is 4.31. The highest BCUT2D eigenvalue weighted by molar-refractivity contribution is 7.86. The van der Waals surface area contributed by atoms with Gasteiger partial charge >= 0.3 is 0 Å². The zero-order valence-corrected chi connectivity index (χ0v) is 18.2. The molecule has 0 aliphatic heterocycles. The van der Waals surface area contributed by atoms with Crippen LogP contribution in [0.4, 0.5) is 17.1 Å². The Morgan fingerprint density at radius 1 is 0.758 bits per heavy atom. The van der Waals surface area contributed by atoms with Crippen molar-refractivity contribution in [2.75, 3.05) is 5.32 Å². The largest absolute Gasteiger partial charge is 0.507 e. The molecule has 5 N–H and O–H groups in total. The van der Waals surface area contributed by atoms with E-state index in [0.717, 1.165) is 30.3 Å². The van der Waals surface area contributed by atoms with Gasteiger partial charge in [0.1, 0.15) is 20.4 Å². The highest BCUT2D eigenvalue weighted by atomic mass is 32.2. The summed E-state index contributed by atoms with van der Waals surface area (Å²) in [7, 11) is -15.1. The Morgan fingerprint density at radius 3 is 1.85 bits per heavy atom. The maximum absolute atomic E-state index is 11.9. The number of phenols is 1. The number of nitro benzene ring substituents is 1. The number of benzene rings is 3. The summed E-state index contributed by atoms with van der Waals surface area (Å²) in [5.74, 6) is -0.773. The number of fused-ring (bicyclic) bond motifs is 1. The topological polar surface area (TPSA) is 239 Å². The van der Waals surface area contributed by atoms with E-state index in [4.69, 9.17) is 0 Å². The number of phenolic OH excluding ortho intramolecular Hbond substituents is 1. The summed E-state index contributed by atoms with van der Waals surface area (Å²) in [6.07, 6.45) is 0. The maximum Gasteiger partial charge on any atom is 0.296 e. The predicted molar refractivity (Wildman–Crippen MR) is 111 cm³/mol. The number of nitrogens with one attached hydrogen (secondary N) is 1. The van der Waals surface area contributed by atoms with E-state index in [1.165, 1.54) is 0 Å². The second-order valence-electron chi connectivity index (χ2n) is 6.47. The fourth-order valence-electron chi connectivity index (χ4n) is 3.00. The molecule has 0 radical (unpaired) electrons. The van der Waals surface area contributed by atoms with Gasteiger partial charge in [-0.1, -0.05) is 0 Å². The fraction of sp³-hybridized carbons (Fsp3) is 0. The molecule has 0 atom stereocenters. The summed E-state index contributed by atoms with van der Waals surface area (Å²) in [6.45, 7) is 0. The number of hydrogen-bond acceptors (Lipinski definition) is 10. The first-order chi connectivity index (χ1) is 15.0. The fourth-order valence-corrected chi connectivity index (χ4v) is 5.09. The zero-order chi connectivity index (χ0) is 24.9. The van der Waals surface area contributed by atoms with Crippen molar-refractivity contribution < 1.29 is 48.9 Å². The van der Waals surface area contributed by atoms with E-state index in [-0.39, 0.29) is 0 Å². The first-order valence-electron chi connectivity index (χ1n) is 8.28. The third kappa shape index (κ3) is 4.87. The van der Waals surface area contributed by atoms with Gasteiger partial charge in [-0.05, 0) is 30.3 Å². The van der Waals surface area contributed by atoms with E-state index in [1.807, 2.05) is 0 Å². The zero-order valence-electron chi connectivity index (χ0n) is 15.8. The summed E-state index contributed by atoms with van der Waals surface area (Å²) < 4.78 is 99.2. The van der Waals surface area contributed by atoms with E-state index in [2.05, 4.69) is 5.32 Å². The molecular formula is C16H12N2O12S3. The van der Waals surface area contributed by atoms with Crippen LogP contribution in [0.5, 0.6) is 5.75 Å². The molecule has 3 rings (SSSR count). The third-order valence-corrected chi connectivity index (χ3v) is 6.99. The molecule has 0 saturated heterocycles. The monoisotopic (exact) mass is 520 g/mol. The average molecular weight is 520 g/mol. The summed E-state index contributed by atoms with van der Waals surface area (Å²) >= 11 is 0. The molecule has 33 heavy (non-hydrogen) atoms. The average Bonchev–Trinajstić information content (AvgIpc) is 2.65. The van der Waals surface area contributed by atoms with Crippen LogP contribution in [0.3, 0.4) is 0 Å². The number of aromatic hydroxyl groups is 1. The molecule has 0 spiro atoms. The van der Waals surface area contributed by atoms with Crippen LogP contribution in [0.15, 0.2) is 57.2 Å².